The summed E-state index contributed by atoms with van der Waals surface area (Å²) in [5.41, 5.74) is 11.7. The number of carbonyl (C=O) groups is 4. The Kier molecular flexibility index (Phi) is 7.98. The van der Waals surface area contributed by atoms with Crippen molar-refractivity contribution in [1.29, 1.82) is 0 Å². The largest absolute Gasteiger partial charge is 0.457 e. The zero-order valence-corrected chi connectivity index (χ0v) is 21.4. The monoisotopic (exact) mass is 534 g/mol. The summed E-state index contributed by atoms with van der Waals surface area (Å²) in [6, 6.07) is 16.5. The Morgan fingerprint density at radius 3 is 2.28 bits per heavy atom. The Hall–Kier alpha value is -4.68. The molecule has 1 aliphatic rings. The quantitative estimate of drug-likeness (QED) is 0.118. The van der Waals surface area contributed by atoms with E-state index in [2.05, 4.69) is 0 Å². The van der Waals surface area contributed by atoms with Crippen LogP contribution in [0.4, 0.5) is 10.5 Å². The number of hydrogen-bond donors (Lipinski definition) is 5. The first-order chi connectivity index (χ1) is 18.6. The van der Waals surface area contributed by atoms with Crippen LogP contribution in [0.15, 0.2) is 59.0 Å². The number of anilines is 1. The van der Waals surface area contributed by atoms with Gasteiger partial charge in [0.05, 0.1) is 6.54 Å². The number of fused-ring (bicyclic) bond motifs is 1. The average Bonchev–Trinajstić information content (AvgIpc) is 3.42. The van der Waals surface area contributed by atoms with Crippen molar-refractivity contribution in [2.75, 3.05) is 4.90 Å². The molecule has 0 fully saturated rings. The number of benzene rings is 2. The molecule has 39 heavy (non-hydrogen) atoms. The van der Waals surface area contributed by atoms with Gasteiger partial charge in [-0.2, -0.15) is 0 Å². The Morgan fingerprint density at radius 2 is 1.64 bits per heavy atom. The minimum absolute atomic E-state index is 0.00877. The molecule has 0 aliphatic carbocycles. The van der Waals surface area contributed by atoms with Crippen molar-refractivity contribution in [2.45, 2.75) is 39.3 Å². The molecule has 0 spiro atoms. The van der Waals surface area contributed by atoms with Crippen molar-refractivity contribution < 1.29 is 28.3 Å². The summed E-state index contributed by atoms with van der Waals surface area (Å²) in [4.78, 5) is 50.1. The molecule has 2 aromatic carbocycles. The fraction of sp³-hybridized carbons (Fsp3) is 0.259. The van der Waals surface area contributed by atoms with Gasteiger partial charge in [0.15, 0.2) is 6.61 Å². The van der Waals surface area contributed by atoms with E-state index in [0.29, 0.717) is 30.9 Å². The number of hydrogen-bond acceptors (Lipinski definition) is 8. The van der Waals surface area contributed by atoms with Gasteiger partial charge in [0.1, 0.15) is 16.9 Å². The maximum Gasteiger partial charge on any atom is 0.404 e. The lowest BCUT2D eigenvalue weighted by Gasteiger charge is -2.30. The second-order valence-corrected chi connectivity index (χ2v) is 9.47. The number of amides is 4. The summed E-state index contributed by atoms with van der Waals surface area (Å²) in [7, 11) is 0. The topological polar surface area (TPSA) is 196 Å². The number of nitrogens with zero attached hydrogens (tertiary/aromatic N) is 1. The predicted molar refractivity (Wildman–Crippen MR) is 141 cm³/mol. The molecule has 12 nitrogen and oxygen atoms in total. The summed E-state index contributed by atoms with van der Waals surface area (Å²) in [5, 5.41) is 0. The van der Waals surface area contributed by atoms with Crippen LogP contribution in [0.2, 0.25) is 0 Å². The van der Waals surface area contributed by atoms with Gasteiger partial charge in [0, 0.05) is 17.7 Å². The fourth-order valence-corrected chi connectivity index (χ4v) is 4.55. The average molecular weight is 535 g/mol. The second-order valence-electron chi connectivity index (χ2n) is 9.47. The number of primary amides is 1. The van der Waals surface area contributed by atoms with Gasteiger partial charge in [-0.3, -0.25) is 25.2 Å². The van der Waals surface area contributed by atoms with Gasteiger partial charge in [-0.25, -0.2) is 16.5 Å². The molecule has 0 radical (unpaired) electrons. The van der Waals surface area contributed by atoms with Crippen molar-refractivity contribution in [3.05, 3.63) is 77.0 Å². The maximum absolute atomic E-state index is 13.0. The van der Waals surface area contributed by atoms with Crippen LogP contribution in [0.1, 0.15) is 35.8 Å². The molecule has 8 N–H and O–H groups in total. The number of hydrazine groups is 2. The molecule has 1 aromatic heterocycles. The lowest BCUT2D eigenvalue weighted by atomic mass is 9.81. The van der Waals surface area contributed by atoms with Crippen LogP contribution in [0, 0.1) is 5.41 Å². The van der Waals surface area contributed by atoms with Crippen molar-refractivity contribution >= 4 is 29.5 Å². The number of nitrogens with one attached hydrogen (secondary N) is 2. The van der Waals surface area contributed by atoms with Crippen LogP contribution >= 0.6 is 0 Å². The third-order valence-electron chi connectivity index (χ3n) is 6.77. The summed E-state index contributed by atoms with van der Waals surface area (Å²) in [6.45, 7) is 1.71. The highest BCUT2D eigenvalue weighted by atomic mass is 16.6. The number of aryl methyl sites for hydroxylation is 1. The van der Waals surface area contributed by atoms with Crippen LogP contribution in [-0.2, 0) is 45.1 Å². The molecule has 4 amide bonds. The highest BCUT2D eigenvalue weighted by Gasteiger charge is 2.40. The highest BCUT2D eigenvalue weighted by molar-refractivity contribution is 6.04. The normalized spacial score (nSPS) is 13.0. The van der Waals surface area contributed by atoms with Crippen LogP contribution in [-0.4, -0.2) is 23.8 Å². The molecular formula is C27H30N6O6. The number of rotatable bonds is 9. The van der Waals surface area contributed by atoms with E-state index in [1.807, 2.05) is 41.2 Å². The Bertz CT molecular complexity index is 1380. The predicted octanol–water partition coefficient (Wildman–Crippen LogP) is 1.55. The first-order valence-corrected chi connectivity index (χ1v) is 12.2. The molecular weight excluding hydrogens is 504 g/mol. The molecule has 3 aromatic rings. The van der Waals surface area contributed by atoms with Crippen molar-refractivity contribution in [1.82, 2.24) is 10.9 Å². The van der Waals surface area contributed by atoms with E-state index in [0.717, 1.165) is 27.9 Å². The molecule has 204 valence electrons. The van der Waals surface area contributed by atoms with Crippen molar-refractivity contribution in [3.63, 3.8) is 0 Å². The molecule has 0 saturated heterocycles. The van der Waals surface area contributed by atoms with E-state index in [9.17, 15) is 19.2 Å². The van der Waals surface area contributed by atoms with E-state index >= 15 is 0 Å². The molecule has 4 rings (SSSR count). The van der Waals surface area contributed by atoms with Gasteiger partial charge < -0.3 is 19.8 Å². The van der Waals surface area contributed by atoms with E-state index in [1.54, 1.807) is 29.2 Å². The molecule has 0 bridgehead atoms. The molecule has 0 saturated carbocycles. The molecule has 12 heteroatoms. The minimum atomic E-state index is -1.50. The number of nitrogens with two attached hydrogens (primary N) is 3. The standard InChI is InChI=1S/C27H30N6O6/c1-27(24(35)31-29,25(36)32-30)13-16-2-4-17(5-3-16)14-33-21-12-19(7-6-18(21)8-11-23(33)34)22-10-9-20(39-22)15-38-26(28)37/h2-7,9-10,12H,8,11,13-15,29-30H2,1H3,(H2,28,37)(H,31,35)(H,32,36). The van der Waals surface area contributed by atoms with E-state index in [4.69, 9.17) is 26.6 Å². The summed E-state index contributed by atoms with van der Waals surface area (Å²) >= 11 is 0. The van der Waals surface area contributed by atoms with E-state index in [1.165, 1.54) is 6.92 Å². The van der Waals surface area contributed by atoms with Crippen LogP contribution in [0.3, 0.4) is 0 Å². The van der Waals surface area contributed by atoms with Crippen molar-refractivity contribution in [2.24, 2.45) is 22.8 Å². The summed E-state index contributed by atoms with van der Waals surface area (Å²) in [6.07, 6.45) is 0.203. The van der Waals surface area contributed by atoms with Crippen LogP contribution in [0.5, 0.6) is 0 Å². The first-order valence-electron chi connectivity index (χ1n) is 12.2. The number of furan rings is 1. The molecule has 1 aliphatic heterocycles. The zero-order chi connectivity index (χ0) is 28.2. The minimum Gasteiger partial charge on any atom is -0.457 e. The SMILES string of the molecule is CC(Cc1ccc(CN2C(=O)CCc3ccc(-c4ccc(COC(N)=O)o4)cc32)cc1)(C(=O)NN)C(=O)NN. The van der Waals surface area contributed by atoms with Gasteiger partial charge in [0.2, 0.25) is 17.7 Å². The van der Waals surface area contributed by atoms with Crippen molar-refractivity contribution in [3.8, 4) is 11.3 Å². The van der Waals surface area contributed by atoms with Crippen LogP contribution in [0.25, 0.3) is 11.3 Å². The van der Waals surface area contributed by atoms with E-state index in [-0.39, 0.29) is 18.9 Å². The fourth-order valence-electron chi connectivity index (χ4n) is 4.55. The van der Waals surface area contributed by atoms with Gasteiger partial charge in [-0.05, 0) is 54.7 Å². The smallest absolute Gasteiger partial charge is 0.404 e. The second kappa shape index (κ2) is 11.4. The highest BCUT2D eigenvalue weighted by Crippen LogP contribution is 2.34. The maximum atomic E-state index is 13.0. The van der Waals surface area contributed by atoms with E-state index < -0.39 is 23.3 Å². The number of ether oxygens (including phenoxy) is 1. The summed E-state index contributed by atoms with van der Waals surface area (Å²) in [5.74, 6) is 10.2. The Morgan fingerprint density at radius 1 is 0.974 bits per heavy atom. The van der Waals surface area contributed by atoms with Gasteiger partial charge in [0.25, 0.3) is 0 Å². The Balaban J connectivity index is 1.54. The third kappa shape index (κ3) is 5.92. The molecule has 0 unspecified atom stereocenters. The van der Waals surface area contributed by atoms with Gasteiger partial charge in [-0.15, -0.1) is 0 Å². The lowest BCUT2D eigenvalue weighted by molar-refractivity contribution is -0.142. The molecule has 0 atom stereocenters. The third-order valence-corrected chi connectivity index (χ3v) is 6.77. The van der Waals surface area contributed by atoms with Gasteiger partial charge in [-0.1, -0.05) is 36.4 Å². The first kappa shape index (κ1) is 27.4. The Labute approximate surface area is 224 Å². The lowest BCUT2D eigenvalue weighted by Crippen LogP contribution is -2.54. The molecule has 2 heterocycles. The van der Waals surface area contributed by atoms with Gasteiger partial charge >= 0.3 is 6.09 Å². The zero-order valence-electron chi connectivity index (χ0n) is 21.4. The van der Waals surface area contributed by atoms with Crippen LogP contribution < -0.4 is 33.2 Å². The number of carbonyl (C=O) groups excluding carboxylic acids is 4. The summed E-state index contributed by atoms with van der Waals surface area (Å²) < 4.78 is 10.6.